The molecule has 0 aromatic heterocycles. The maximum Gasteiger partial charge on any atom is 0.325 e. The summed E-state index contributed by atoms with van der Waals surface area (Å²) in [6, 6.07) is -0.306. The van der Waals surface area contributed by atoms with Crippen LogP contribution in [0.4, 0.5) is 0 Å². The molecule has 0 amide bonds. The lowest BCUT2D eigenvalue weighted by atomic mass is 10.3. The molecular weight excluding hydrogens is 158 g/mol. The van der Waals surface area contributed by atoms with Gasteiger partial charge >= 0.3 is 5.97 Å². The molecule has 0 unspecified atom stereocenters. The molecule has 0 radical (unpaired) electrons. The number of nitrogens with one attached hydrogen (secondary N) is 1. The Labute approximate surface area is 72.2 Å². The monoisotopic (exact) mass is 173 g/mol. The molecule has 0 aromatic carbocycles. The molecule has 1 aliphatic rings. The first kappa shape index (κ1) is 9.48. The van der Waals surface area contributed by atoms with E-state index in [4.69, 9.17) is 9.47 Å². The summed E-state index contributed by atoms with van der Waals surface area (Å²) in [6.45, 7) is 6.36. The highest BCUT2D eigenvalue weighted by Gasteiger charge is 2.35. The molecule has 1 atom stereocenters. The predicted molar refractivity (Wildman–Crippen MR) is 43.6 cm³/mol. The highest BCUT2D eigenvalue weighted by Crippen LogP contribution is 2.14. The van der Waals surface area contributed by atoms with Gasteiger partial charge in [0.25, 0.3) is 0 Å². The fourth-order valence-corrected chi connectivity index (χ4v) is 1.16. The first-order valence-corrected chi connectivity index (χ1v) is 4.13. The minimum atomic E-state index is -0.405. The van der Waals surface area contributed by atoms with Gasteiger partial charge < -0.3 is 9.47 Å². The predicted octanol–water partition coefficient (Wildman–Crippen LogP) is 0.274. The summed E-state index contributed by atoms with van der Waals surface area (Å²) in [5.74, 6) is -0.233. The number of hydrogen-bond acceptors (Lipinski definition) is 4. The van der Waals surface area contributed by atoms with E-state index in [-0.39, 0.29) is 12.0 Å². The van der Waals surface area contributed by atoms with Gasteiger partial charge in [-0.05, 0) is 20.8 Å². The van der Waals surface area contributed by atoms with Gasteiger partial charge in [-0.3, -0.25) is 10.1 Å². The van der Waals surface area contributed by atoms with Gasteiger partial charge in [0.15, 0.2) is 0 Å². The van der Waals surface area contributed by atoms with Crippen molar-refractivity contribution in [3.8, 4) is 0 Å². The van der Waals surface area contributed by atoms with Crippen LogP contribution in [0, 0.1) is 0 Å². The normalized spacial score (nSPS) is 27.1. The maximum absolute atomic E-state index is 11.2. The average molecular weight is 173 g/mol. The largest absolute Gasteiger partial charge is 0.465 e. The van der Waals surface area contributed by atoms with Crippen LogP contribution in [0.15, 0.2) is 0 Å². The van der Waals surface area contributed by atoms with Gasteiger partial charge in [0.1, 0.15) is 11.8 Å². The van der Waals surface area contributed by atoms with Crippen molar-refractivity contribution in [1.82, 2.24) is 5.32 Å². The number of carbonyl (C=O) groups excluding carboxylic acids is 1. The van der Waals surface area contributed by atoms with E-state index in [9.17, 15) is 4.79 Å². The van der Waals surface area contributed by atoms with Gasteiger partial charge in [-0.15, -0.1) is 0 Å². The number of esters is 1. The van der Waals surface area contributed by atoms with Gasteiger partial charge in [0.2, 0.25) is 0 Å². The standard InChI is InChI=1S/C8H15NO3/c1-4-11-7(10)6-5-12-8(2,3)9-6/h6,9H,4-5H2,1-3H3/t6-/m1/s1. The van der Waals surface area contributed by atoms with Gasteiger partial charge in [-0.2, -0.15) is 0 Å². The minimum absolute atomic E-state index is 0.233. The first-order chi connectivity index (χ1) is 5.55. The molecule has 4 nitrogen and oxygen atoms in total. The number of rotatable bonds is 2. The Morgan fingerprint density at radius 1 is 1.75 bits per heavy atom. The molecule has 0 saturated carbocycles. The van der Waals surface area contributed by atoms with Crippen LogP contribution in [-0.2, 0) is 14.3 Å². The van der Waals surface area contributed by atoms with Crippen LogP contribution in [-0.4, -0.2) is 30.9 Å². The van der Waals surface area contributed by atoms with Crippen LogP contribution in [0.1, 0.15) is 20.8 Å². The Morgan fingerprint density at radius 2 is 2.42 bits per heavy atom. The fourth-order valence-electron chi connectivity index (χ4n) is 1.16. The molecule has 0 bridgehead atoms. The Kier molecular flexibility index (Phi) is 2.69. The fraction of sp³-hybridized carbons (Fsp3) is 0.875. The summed E-state index contributed by atoms with van der Waals surface area (Å²) in [6.07, 6.45) is 0. The Morgan fingerprint density at radius 3 is 2.83 bits per heavy atom. The van der Waals surface area contributed by atoms with Crippen LogP contribution in [0.2, 0.25) is 0 Å². The molecule has 4 heteroatoms. The van der Waals surface area contributed by atoms with Crippen molar-refractivity contribution < 1.29 is 14.3 Å². The summed E-state index contributed by atoms with van der Waals surface area (Å²) >= 11 is 0. The third-order valence-electron chi connectivity index (χ3n) is 1.70. The van der Waals surface area contributed by atoms with Crippen LogP contribution in [0.25, 0.3) is 0 Å². The van der Waals surface area contributed by atoms with Gasteiger partial charge in [0.05, 0.1) is 13.2 Å². The Bertz CT molecular complexity index is 179. The van der Waals surface area contributed by atoms with Crippen molar-refractivity contribution in [2.24, 2.45) is 0 Å². The lowest BCUT2D eigenvalue weighted by molar-refractivity contribution is -0.145. The molecule has 12 heavy (non-hydrogen) atoms. The first-order valence-electron chi connectivity index (χ1n) is 4.13. The van der Waals surface area contributed by atoms with Crippen molar-refractivity contribution in [3.63, 3.8) is 0 Å². The number of hydrogen-bond donors (Lipinski definition) is 1. The van der Waals surface area contributed by atoms with E-state index in [1.54, 1.807) is 6.92 Å². The van der Waals surface area contributed by atoms with Crippen molar-refractivity contribution >= 4 is 5.97 Å². The van der Waals surface area contributed by atoms with Crippen molar-refractivity contribution in [1.29, 1.82) is 0 Å². The quantitative estimate of drug-likeness (QED) is 0.609. The molecular formula is C8H15NO3. The molecule has 1 heterocycles. The smallest absolute Gasteiger partial charge is 0.325 e. The molecule has 1 saturated heterocycles. The summed E-state index contributed by atoms with van der Waals surface area (Å²) in [5.41, 5.74) is -0.405. The second-order valence-electron chi connectivity index (χ2n) is 3.27. The number of carbonyl (C=O) groups is 1. The van der Waals surface area contributed by atoms with E-state index in [2.05, 4.69) is 5.32 Å². The van der Waals surface area contributed by atoms with E-state index >= 15 is 0 Å². The Hall–Kier alpha value is -0.610. The van der Waals surface area contributed by atoms with Crippen LogP contribution < -0.4 is 5.32 Å². The zero-order valence-corrected chi connectivity index (χ0v) is 7.72. The lowest BCUT2D eigenvalue weighted by Crippen LogP contribution is -2.43. The summed E-state index contributed by atoms with van der Waals surface area (Å²) in [7, 11) is 0. The lowest BCUT2D eigenvalue weighted by Gasteiger charge is -2.17. The van der Waals surface area contributed by atoms with E-state index in [1.807, 2.05) is 13.8 Å². The molecule has 0 aromatic rings. The molecule has 1 rings (SSSR count). The van der Waals surface area contributed by atoms with Crippen molar-refractivity contribution in [2.75, 3.05) is 13.2 Å². The summed E-state index contributed by atoms with van der Waals surface area (Å²) < 4.78 is 10.1. The molecule has 1 N–H and O–H groups in total. The topological polar surface area (TPSA) is 47.6 Å². The molecule has 1 fully saturated rings. The number of ether oxygens (including phenoxy) is 2. The summed E-state index contributed by atoms with van der Waals surface area (Å²) in [5, 5.41) is 3.02. The molecule has 70 valence electrons. The van der Waals surface area contributed by atoms with Gasteiger partial charge in [0, 0.05) is 0 Å². The summed E-state index contributed by atoms with van der Waals surface area (Å²) in [4.78, 5) is 11.2. The Balaban J connectivity index is 2.41. The van der Waals surface area contributed by atoms with Crippen LogP contribution >= 0.6 is 0 Å². The SMILES string of the molecule is CCOC(=O)[C@H]1COC(C)(C)N1. The third-order valence-corrected chi connectivity index (χ3v) is 1.70. The van der Waals surface area contributed by atoms with Crippen LogP contribution in [0.5, 0.6) is 0 Å². The third kappa shape index (κ3) is 2.19. The molecule has 0 spiro atoms. The minimum Gasteiger partial charge on any atom is -0.465 e. The molecule has 1 aliphatic heterocycles. The van der Waals surface area contributed by atoms with Gasteiger partial charge in [-0.1, -0.05) is 0 Å². The maximum atomic E-state index is 11.2. The van der Waals surface area contributed by atoms with Crippen LogP contribution in [0.3, 0.4) is 0 Å². The second-order valence-corrected chi connectivity index (χ2v) is 3.27. The average Bonchev–Trinajstić information content (AvgIpc) is 2.31. The van der Waals surface area contributed by atoms with E-state index < -0.39 is 5.72 Å². The zero-order valence-electron chi connectivity index (χ0n) is 7.72. The zero-order chi connectivity index (χ0) is 9.19. The highest BCUT2D eigenvalue weighted by atomic mass is 16.6. The van der Waals surface area contributed by atoms with Gasteiger partial charge in [-0.25, -0.2) is 0 Å². The highest BCUT2D eigenvalue weighted by molar-refractivity contribution is 5.76. The van der Waals surface area contributed by atoms with E-state index in [0.29, 0.717) is 13.2 Å². The molecule has 0 aliphatic carbocycles. The second kappa shape index (κ2) is 3.41. The van der Waals surface area contributed by atoms with E-state index in [1.165, 1.54) is 0 Å². The van der Waals surface area contributed by atoms with Crippen molar-refractivity contribution in [3.05, 3.63) is 0 Å². The van der Waals surface area contributed by atoms with E-state index in [0.717, 1.165) is 0 Å². The van der Waals surface area contributed by atoms with Crippen molar-refractivity contribution in [2.45, 2.75) is 32.5 Å².